The Labute approximate surface area is 184 Å². The van der Waals surface area contributed by atoms with Crippen LogP contribution in [0.15, 0.2) is 42.5 Å². The average Bonchev–Trinajstić information content (AvgIpc) is 2.77. The molecular formula is C21H22ClN3O6. The van der Waals surface area contributed by atoms with Crippen LogP contribution in [0.2, 0.25) is 5.02 Å². The number of benzene rings is 2. The van der Waals surface area contributed by atoms with Gasteiger partial charge in [0.15, 0.2) is 12.4 Å². The summed E-state index contributed by atoms with van der Waals surface area (Å²) in [5.41, 5.74) is 0.880. The Morgan fingerprint density at radius 3 is 2.52 bits per heavy atom. The van der Waals surface area contributed by atoms with Crippen molar-refractivity contribution < 1.29 is 24.0 Å². The molecule has 10 heteroatoms. The molecule has 2 aromatic rings. The van der Waals surface area contributed by atoms with Crippen molar-refractivity contribution in [3.05, 3.63) is 68.7 Å². The maximum atomic E-state index is 12.5. The van der Waals surface area contributed by atoms with Gasteiger partial charge in [-0.2, -0.15) is 0 Å². The van der Waals surface area contributed by atoms with Gasteiger partial charge < -0.3 is 14.4 Å². The molecule has 164 valence electrons. The van der Waals surface area contributed by atoms with E-state index in [4.69, 9.17) is 16.3 Å². The predicted octanol–water partition coefficient (Wildman–Crippen LogP) is 2.76. The van der Waals surface area contributed by atoms with Gasteiger partial charge in [-0.3, -0.25) is 19.8 Å². The van der Waals surface area contributed by atoms with Gasteiger partial charge in [0.2, 0.25) is 0 Å². The maximum Gasteiger partial charge on any atom is 0.337 e. The zero-order valence-corrected chi connectivity index (χ0v) is 17.7. The third-order valence-corrected chi connectivity index (χ3v) is 5.18. The minimum Gasteiger partial charge on any atom is -0.477 e. The number of nitro groups is 1. The molecule has 2 aromatic carbocycles. The van der Waals surface area contributed by atoms with Crippen LogP contribution < -0.4 is 4.74 Å². The Morgan fingerprint density at radius 2 is 1.87 bits per heavy atom. The minimum absolute atomic E-state index is 0.102. The quantitative estimate of drug-likeness (QED) is 0.365. The smallest absolute Gasteiger partial charge is 0.337 e. The number of amides is 1. The van der Waals surface area contributed by atoms with Crippen molar-refractivity contribution in [2.24, 2.45) is 0 Å². The van der Waals surface area contributed by atoms with Gasteiger partial charge in [0.05, 0.1) is 17.6 Å². The Hall–Kier alpha value is -3.17. The van der Waals surface area contributed by atoms with Crippen molar-refractivity contribution in [1.82, 2.24) is 9.80 Å². The second kappa shape index (κ2) is 10.2. The lowest BCUT2D eigenvalue weighted by atomic mass is 10.2. The molecule has 3 rings (SSSR count). The zero-order chi connectivity index (χ0) is 22.4. The van der Waals surface area contributed by atoms with Gasteiger partial charge in [-0.15, -0.1) is 0 Å². The van der Waals surface area contributed by atoms with Crippen molar-refractivity contribution >= 4 is 29.2 Å². The first-order chi connectivity index (χ1) is 14.9. The molecule has 0 bridgehead atoms. The Kier molecular flexibility index (Phi) is 7.43. The Balaban J connectivity index is 1.55. The van der Waals surface area contributed by atoms with Crippen LogP contribution in [0, 0.1) is 10.1 Å². The molecule has 0 spiro atoms. The SMILES string of the molecule is COC(=O)c1ccc([N+](=O)[O-])c(OCC(=O)N2CCN(Cc3cccc(Cl)c3)CC2)c1. The number of nitro benzene ring substituents is 1. The van der Waals surface area contributed by atoms with E-state index in [2.05, 4.69) is 9.64 Å². The van der Waals surface area contributed by atoms with E-state index in [1.807, 2.05) is 24.3 Å². The number of hydrogen-bond acceptors (Lipinski definition) is 7. The molecule has 1 fully saturated rings. The highest BCUT2D eigenvalue weighted by Gasteiger charge is 2.24. The molecule has 1 aliphatic heterocycles. The molecule has 1 heterocycles. The Bertz CT molecular complexity index is 975. The molecule has 31 heavy (non-hydrogen) atoms. The lowest BCUT2D eigenvalue weighted by molar-refractivity contribution is -0.385. The molecule has 9 nitrogen and oxygen atoms in total. The number of methoxy groups -OCH3 is 1. The third kappa shape index (κ3) is 5.93. The summed E-state index contributed by atoms with van der Waals surface area (Å²) in [4.78, 5) is 38.7. The van der Waals surface area contributed by atoms with Gasteiger partial charge in [-0.1, -0.05) is 23.7 Å². The molecule has 0 aromatic heterocycles. The summed E-state index contributed by atoms with van der Waals surface area (Å²) in [6, 6.07) is 11.3. The van der Waals surface area contributed by atoms with E-state index in [-0.39, 0.29) is 29.5 Å². The van der Waals surface area contributed by atoms with Gasteiger partial charge in [-0.25, -0.2) is 4.79 Å². The fraction of sp³-hybridized carbons (Fsp3) is 0.333. The summed E-state index contributed by atoms with van der Waals surface area (Å²) in [5.74, 6) is -1.08. The van der Waals surface area contributed by atoms with E-state index in [0.717, 1.165) is 18.2 Å². The number of carbonyl (C=O) groups is 2. The van der Waals surface area contributed by atoms with Crippen LogP contribution in [0.25, 0.3) is 0 Å². The molecule has 1 aliphatic rings. The topological polar surface area (TPSA) is 102 Å². The summed E-state index contributed by atoms with van der Waals surface area (Å²) in [7, 11) is 1.21. The monoisotopic (exact) mass is 447 g/mol. The van der Waals surface area contributed by atoms with E-state index in [1.54, 1.807) is 4.90 Å². The first-order valence-corrected chi connectivity index (χ1v) is 9.99. The van der Waals surface area contributed by atoms with Crippen LogP contribution in [0.4, 0.5) is 5.69 Å². The van der Waals surface area contributed by atoms with Crippen LogP contribution >= 0.6 is 11.6 Å². The highest BCUT2D eigenvalue weighted by atomic mass is 35.5. The Morgan fingerprint density at radius 1 is 1.13 bits per heavy atom. The number of halogens is 1. The van der Waals surface area contributed by atoms with Gasteiger partial charge in [-0.05, 0) is 23.8 Å². The molecular weight excluding hydrogens is 426 g/mol. The maximum absolute atomic E-state index is 12.5. The molecule has 1 amide bonds. The summed E-state index contributed by atoms with van der Waals surface area (Å²) in [6.45, 7) is 2.80. The summed E-state index contributed by atoms with van der Waals surface area (Å²) in [6.07, 6.45) is 0. The van der Waals surface area contributed by atoms with Gasteiger partial charge in [0, 0.05) is 49.9 Å². The number of nitrogens with zero attached hydrogens (tertiary/aromatic N) is 3. The fourth-order valence-corrected chi connectivity index (χ4v) is 3.52. The molecule has 1 saturated heterocycles. The number of esters is 1. The van der Waals surface area contributed by atoms with E-state index < -0.39 is 10.9 Å². The largest absolute Gasteiger partial charge is 0.477 e. The van der Waals surface area contributed by atoms with Crippen LogP contribution in [0.5, 0.6) is 5.75 Å². The van der Waals surface area contributed by atoms with Gasteiger partial charge >= 0.3 is 11.7 Å². The van der Waals surface area contributed by atoms with Crippen LogP contribution in [0.3, 0.4) is 0 Å². The van der Waals surface area contributed by atoms with Crippen molar-refractivity contribution in [1.29, 1.82) is 0 Å². The molecule has 0 unspecified atom stereocenters. The fourth-order valence-electron chi connectivity index (χ4n) is 3.31. The van der Waals surface area contributed by atoms with Crippen molar-refractivity contribution in [3.63, 3.8) is 0 Å². The van der Waals surface area contributed by atoms with E-state index in [1.165, 1.54) is 19.2 Å². The lowest BCUT2D eigenvalue weighted by Crippen LogP contribution is -2.49. The van der Waals surface area contributed by atoms with Crippen molar-refractivity contribution in [2.75, 3.05) is 39.9 Å². The lowest BCUT2D eigenvalue weighted by Gasteiger charge is -2.34. The van der Waals surface area contributed by atoms with Crippen molar-refractivity contribution in [2.45, 2.75) is 6.54 Å². The minimum atomic E-state index is -0.651. The number of rotatable bonds is 7. The number of carbonyl (C=O) groups excluding carboxylic acids is 2. The molecule has 0 atom stereocenters. The van der Waals surface area contributed by atoms with Gasteiger partial charge in [0.1, 0.15) is 0 Å². The predicted molar refractivity (Wildman–Crippen MR) is 113 cm³/mol. The highest BCUT2D eigenvalue weighted by Crippen LogP contribution is 2.28. The number of hydrogen-bond donors (Lipinski definition) is 0. The number of piperazine rings is 1. The second-order valence-electron chi connectivity index (χ2n) is 7.01. The van der Waals surface area contributed by atoms with Crippen LogP contribution in [0.1, 0.15) is 15.9 Å². The summed E-state index contributed by atoms with van der Waals surface area (Å²) < 4.78 is 10.0. The van der Waals surface area contributed by atoms with Crippen LogP contribution in [-0.2, 0) is 16.1 Å². The molecule has 0 radical (unpaired) electrons. The first-order valence-electron chi connectivity index (χ1n) is 9.61. The molecule has 0 aliphatic carbocycles. The van der Waals surface area contributed by atoms with Crippen molar-refractivity contribution in [3.8, 4) is 5.75 Å². The zero-order valence-electron chi connectivity index (χ0n) is 17.0. The summed E-state index contributed by atoms with van der Waals surface area (Å²) >= 11 is 6.03. The molecule has 0 N–H and O–H groups in total. The van der Waals surface area contributed by atoms with E-state index in [9.17, 15) is 19.7 Å². The summed E-state index contributed by atoms with van der Waals surface area (Å²) in [5, 5.41) is 11.9. The average molecular weight is 448 g/mol. The normalized spacial score (nSPS) is 14.2. The van der Waals surface area contributed by atoms with E-state index in [0.29, 0.717) is 31.2 Å². The molecule has 0 saturated carbocycles. The van der Waals surface area contributed by atoms with Gasteiger partial charge in [0.25, 0.3) is 5.91 Å². The first kappa shape index (κ1) is 22.5. The second-order valence-corrected chi connectivity index (χ2v) is 7.44. The van der Waals surface area contributed by atoms with E-state index >= 15 is 0 Å². The number of ether oxygens (including phenoxy) is 2. The van der Waals surface area contributed by atoms with Crippen LogP contribution in [-0.4, -0.2) is 66.5 Å². The third-order valence-electron chi connectivity index (χ3n) is 4.95. The standard InChI is InChI=1S/C21H22ClN3O6/c1-30-21(27)16-5-6-18(25(28)29)19(12-16)31-14-20(26)24-9-7-23(8-10-24)13-15-3-2-4-17(22)11-15/h2-6,11-12H,7-10,13-14H2,1H3. The highest BCUT2D eigenvalue weighted by molar-refractivity contribution is 6.30.